The predicted molar refractivity (Wildman–Crippen MR) is 41.2 cm³/mol. The third-order valence-electron chi connectivity index (χ3n) is 1.62. The van der Waals surface area contributed by atoms with Crippen LogP contribution < -0.4 is 10.9 Å². The van der Waals surface area contributed by atoms with E-state index in [0.717, 1.165) is 19.6 Å². The summed E-state index contributed by atoms with van der Waals surface area (Å²) in [7, 11) is 0. The van der Waals surface area contributed by atoms with Gasteiger partial charge in [-0.15, -0.1) is 5.43 Å². The number of nitrogens with zero attached hydrogens (tertiary/aromatic N) is 2. The summed E-state index contributed by atoms with van der Waals surface area (Å²) in [5, 5.41) is 1.97. The summed E-state index contributed by atoms with van der Waals surface area (Å²) in [6.07, 6.45) is 3.70. The molecule has 0 atom stereocenters. The van der Waals surface area contributed by atoms with Gasteiger partial charge in [0.05, 0.1) is 0 Å². The lowest BCUT2D eigenvalue weighted by atomic mass is 10.3. The number of nitrogens with one attached hydrogen (secondary N) is 1. The van der Waals surface area contributed by atoms with Crippen LogP contribution in [0.25, 0.3) is 0 Å². The van der Waals surface area contributed by atoms with Crippen LogP contribution in [0.3, 0.4) is 0 Å². The Balaban J connectivity index is 1.91. The van der Waals surface area contributed by atoms with Gasteiger partial charge in [-0.1, -0.05) is 13.3 Å². The Morgan fingerprint density at radius 1 is 1.60 bits per heavy atom. The summed E-state index contributed by atoms with van der Waals surface area (Å²) in [6.45, 7) is 5.35. The Hall–Kier alpha value is -0.120. The van der Waals surface area contributed by atoms with Crippen molar-refractivity contribution in [2.75, 3.05) is 19.6 Å². The van der Waals surface area contributed by atoms with E-state index in [0.29, 0.717) is 0 Å². The van der Waals surface area contributed by atoms with Gasteiger partial charge in [0.25, 0.3) is 0 Å². The fourth-order valence-electron chi connectivity index (χ4n) is 0.997. The third kappa shape index (κ3) is 2.64. The Morgan fingerprint density at radius 3 is 3.10 bits per heavy atom. The molecule has 0 amide bonds. The standard InChI is InChI=1S/C7H16N3/c1-2-3-5-8-10-7-4-6-9-10/h8H,2-7H2,1H3. The second-order valence-corrected chi connectivity index (χ2v) is 2.60. The summed E-state index contributed by atoms with van der Waals surface area (Å²) >= 11 is 0. The molecule has 0 aromatic heterocycles. The van der Waals surface area contributed by atoms with Gasteiger partial charge in [0, 0.05) is 19.6 Å². The topological polar surface area (TPSA) is 29.4 Å². The highest BCUT2D eigenvalue weighted by Gasteiger charge is 2.09. The van der Waals surface area contributed by atoms with Crippen molar-refractivity contribution in [3.05, 3.63) is 0 Å². The second kappa shape index (κ2) is 4.66. The molecular weight excluding hydrogens is 126 g/mol. The molecular formula is C7H16N3. The van der Waals surface area contributed by atoms with E-state index in [1.807, 2.05) is 5.12 Å². The summed E-state index contributed by atoms with van der Waals surface area (Å²) in [4.78, 5) is 0. The molecule has 1 aliphatic rings. The molecule has 59 valence electrons. The molecule has 0 saturated carbocycles. The van der Waals surface area contributed by atoms with Crippen molar-refractivity contribution in [2.45, 2.75) is 26.2 Å². The predicted octanol–water partition coefficient (Wildman–Crippen LogP) is 0.516. The number of hydrogen-bond donors (Lipinski definition) is 1. The molecule has 1 fully saturated rings. The maximum Gasteiger partial charge on any atom is 0.0334 e. The first-order chi connectivity index (χ1) is 4.93. The fourth-order valence-corrected chi connectivity index (χ4v) is 0.997. The van der Waals surface area contributed by atoms with E-state index < -0.39 is 0 Å². The molecule has 0 unspecified atom stereocenters. The number of unbranched alkanes of at least 4 members (excludes halogenated alkanes) is 1. The van der Waals surface area contributed by atoms with Crippen LogP contribution in [0.4, 0.5) is 0 Å². The molecule has 10 heavy (non-hydrogen) atoms. The lowest BCUT2D eigenvalue weighted by molar-refractivity contribution is 0.158. The Labute approximate surface area is 62.7 Å². The van der Waals surface area contributed by atoms with Gasteiger partial charge < -0.3 is 0 Å². The fraction of sp³-hybridized carbons (Fsp3) is 1.00. The SMILES string of the molecule is CCCCNN1CCC[N]1. The first-order valence-corrected chi connectivity index (χ1v) is 4.12. The lowest BCUT2D eigenvalue weighted by Crippen LogP contribution is -2.39. The highest BCUT2D eigenvalue weighted by Crippen LogP contribution is 1.94. The average Bonchev–Trinajstić information content (AvgIpc) is 2.41. The zero-order valence-electron chi connectivity index (χ0n) is 6.64. The van der Waals surface area contributed by atoms with Gasteiger partial charge in [-0.05, 0) is 12.8 Å². The summed E-state index contributed by atoms with van der Waals surface area (Å²) in [5.41, 5.74) is 7.48. The smallest absolute Gasteiger partial charge is 0.0334 e. The number of hydrazine groups is 1. The number of rotatable bonds is 4. The van der Waals surface area contributed by atoms with Crippen LogP contribution in [-0.4, -0.2) is 24.8 Å². The molecule has 1 heterocycles. The van der Waals surface area contributed by atoms with Crippen LogP contribution in [0.5, 0.6) is 0 Å². The molecule has 1 radical (unpaired) electrons. The van der Waals surface area contributed by atoms with Crippen molar-refractivity contribution in [1.29, 1.82) is 0 Å². The first kappa shape index (κ1) is 7.98. The minimum absolute atomic E-state index is 0.999. The van der Waals surface area contributed by atoms with E-state index in [4.69, 9.17) is 0 Å². The first-order valence-electron chi connectivity index (χ1n) is 4.12. The highest BCUT2D eigenvalue weighted by atomic mass is 15.7. The average molecular weight is 142 g/mol. The maximum absolute atomic E-state index is 4.23. The van der Waals surface area contributed by atoms with E-state index in [-0.39, 0.29) is 0 Å². The van der Waals surface area contributed by atoms with E-state index in [1.165, 1.54) is 19.3 Å². The van der Waals surface area contributed by atoms with Crippen LogP contribution in [0, 0.1) is 0 Å². The Kier molecular flexibility index (Phi) is 3.72. The molecule has 0 bridgehead atoms. The molecule has 3 heteroatoms. The van der Waals surface area contributed by atoms with Crippen LogP contribution >= 0.6 is 0 Å². The maximum atomic E-state index is 4.23. The van der Waals surface area contributed by atoms with Gasteiger partial charge in [-0.3, -0.25) is 0 Å². The quantitative estimate of drug-likeness (QED) is 0.580. The molecule has 1 rings (SSSR count). The van der Waals surface area contributed by atoms with Gasteiger partial charge >= 0.3 is 0 Å². The van der Waals surface area contributed by atoms with Crippen LogP contribution in [0.1, 0.15) is 26.2 Å². The zero-order valence-corrected chi connectivity index (χ0v) is 6.64. The molecule has 1 N–H and O–H groups in total. The van der Waals surface area contributed by atoms with E-state index in [2.05, 4.69) is 17.8 Å². The van der Waals surface area contributed by atoms with Crippen LogP contribution in [0.15, 0.2) is 0 Å². The van der Waals surface area contributed by atoms with Gasteiger partial charge in [-0.2, -0.15) is 5.12 Å². The van der Waals surface area contributed by atoms with Crippen molar-refractivity contribution in [2.24, 2.45) is 0 Å². The second-order valence-electron chi connectivity index (χ2n) is 2.60. The highest BCUT2D eigenvalue weighted by molar-refractivity contribution is 4.56. The molecule has 3 nitrogen and oxygen atoms in total. The van der Waals surface area contributed by atoms with Crippen molar-refractivity contribution < 1.29 is 0 Å². The van der Waals surface area contributed by atoms with Gasteiger partial charge in [-0.25, -0.2) is 5.43 Å². The monoisotopic (exact) mass is 142 g/mol. The van der Waals surface area contributed by atoms with Crippen molar-refractivity contribution in [3.63, 3.8) is 0 Å². The van der Waals surface area contributed by atoms with Gasteiger partial charge in [0.2, 0.25) is 0 Å². The van der Waals surface area contributed by atoms with Gasteiger partial charge in [0.15, 0.2) is 0 Å². The lowest BCUT2D eigenvalue weighted by Gasteiger charge is -2.13. The van der Waals surface area contributed by atoms with Crippen molar-refractivity contribution in [3.8, 4) is 0 Å². The Morgan fingerprint density at radius 2 is 2.50 bits per heavy atom. The van der Waals surface area contributed by atoms with Crippen molar-refractivity contribution >= 4 is 0 Å². The van der Waals surface area contributed by atoms with Gasteiger partial charge in [0.1, 0.15) is 0 Å². The third-order valence-corrected chi connectivity index (χ3v) is 1.62. The molecule has 0 aliphatic carbocycles. The molecule has 0 spiro atoms. The van der Waals surface area contributed by atoms with Crippen LogP contribution in [-0.2, 0) is 0 Å². The molecule has 1 saturated heterocycles. The Bertz CT molecular complexity index is 78.9. The summed E-state index contributed by atoms with van der Waals surface area (Å²) < 4.78 is 0. The van der Waals surface area contributed by atoms with E-state index >= 15 is 0 Å². The van der Waals surface area contributed by atoms with Crippen LogP contribution in [0.2, 0.25) is 0 Å². The number of hydrogen-bond acceptors (Lipinski definition) is 2. The van der Waals surface area contributed by atoms with E-state index in [9.17, 15) is 0 Å². The van der Waals surface area contributed by atoms with Crippen molar-refractivity contribution in [1.82, 2.24) is 16.0 Å². The zero-order chi connectivity index (χ0) is 7.23. The molecule has 0 aromatic rings. The minimum atomic E-state index is 0.999. The molecule has 0 aromatic carbocycles. The summed E-state index contributed by atoms with van der Waals surface area (Å²) in [5.74, 6) is 0. The molecule has 1 aliphatic heterocycles. The largest absolute Gasteiger partial charge is 0.240 e. The minimum Gasteiger partial charge on any atom is -0.240 e. The normalized spacial score (nSPS) is 20.1. The summed E-state index contributed by atoms with van der Waals surface area (Å²) in [6, 6.07) is 0. The van der Waals surface area contributed by atoms with E-state index in [1.54, 1.807) is 0 Å².